The first-order valence-electron chi connectivity index (χ1n) is 7.79. The highest BCUT2D eigenvalue weighted by Crippen LogP contribution is 2.39. The number of rotatable bonds is 5. The Hall–Kier alpha value is -0.975. The molecule has 1 fully saturated rings. The number of ether oxygens (including phenoxy) is 1. The normalized spacial score (nSPS) is 20.0. The van der Waals surface area contributed by atoms with E-state index in [0.29, 0.717) is 23.7 Å². The predicted molar refractivity (Wildman–Crippen MR) is 95.5 cm³/mol. The Balaban J connectivity index is 2.35. The molecular weight excluding hydrogens is 314 g/mol. The number of hydrogen-bond acceptors (Lipinski definition) is 4. The van der Waals surface area contributed by atoms with Crippen LogP contribution in [0.1, 0.15) is 40.2 Å². The summed E-state index contributed by atoms with van der Waals surface area (Å²) in [5, 5.41) is 0. The molecule has 126 valence electrons. The Morgan fingerprint density at radius 3 is 2.39 bits per heavy atom. The van der Waals surface area contributed by atoms with Gasteiger partial charge in [-0.3, -0.25) is 0 Å². The lowest BCUT2D eigenvalue weighted by Gasteiger charge is -2.32. The highest BCUT2D eigenvalue weighted by Gasteiger charge is 2.52. The second kappa shape index (κ2) is 6.87. The summed E-state index contributed by atoms with van der Waals surface area (Å²) in [6.07, 6.45) is 1.84. The molecule has 1 aliphatic heterocycles. The van der Waals surface area contributed by atoms with Gasteiger partial charge >= 0.3 is 7.12 Å². The van der Waals surface area contributed by atoms with Crippen LogP contribution in [-0.4, -0.2) is 30.7 Å². The highest BCUT2D eigenvalue weighted by molar-refractivity contribution is 7.80. The summed E-state index contributed by atoms with van der Waals surface area (Å²) in [6.45, 7) is 10.4. The molecule has 0 aliphatic carbocycles. The molecule has 1 aromatic rings. The Morgan fingerprint density at radius 1 is 1.26 bits per heavy atom. The van der Waals surface area contributed by atoms with Crippen molar-refractivity contribution >= 4 is 25.8 Å². The SMILES string of the molecule is CCOc1ccc(F)cc1C=C(CS)B1OC(C)(C)C(C)(C)O1. The molecule has 0 amide bonds. The Morgan fingerprint density at radius 2 is 1.87 bits per heavy atom. The minimum atomic E-state index is -0.504. The second-order valence-electron chi connectivity index (χ2n) is 6.58. The minimum Gasteiger partial charge on any atom is -0.493 e. The van der Waals surface area contributed by atoms with Crippen LogP contribution in [0.3, 0.4) is 0 Å². The number of halogens is 1. The van der Waals surface area contributed by atoms with Crippen molar-refractivity contribution < 1.29 is 18.4 Å². The van der Waals surface area contributed by atoms with E-state index >= 15 is 0 Å². The third-order valence-corrected chi connectivity index (χ3v) is 4.72. The molecule has 2 rings (SSSR count). The lowest BCUT2D eigenvalue weighted by molar-refractivity contribution is 0.00578. The van der Waals surface area contributed by atoms with Crippen LogP contribution in [0, 0.1) is 5.82 Å². The van der Waals surface area contributed by atoms with E-state index in [0.717, 1.165) is 5.47 Å². The van der Waals surface area contributed by atoms with Gasteiger partial charge in [0.05, 0.1) is 17.8 Å². The molecule has 0 radical (unpaired) electrons. The third-order valence-electron chi connectivity index (χ3n) is 4.35. The molecular formula is C17H24BFO3S. The second-order valence-corrected chi connectivity index (χ2v) is 6.90. The van der Waals surface area contributed by atoms with Crippen LogP contribution in [0.5, 0.6) is 5.75 Å². The van der Waals surface area contributed by atoms with E-state index < -0.39 is 18.3 Å². The van der Waals surface area contributed by atoms with E-state index in [1.807, 2.05) is 40.7 Å². The summed E-state index contributed by atoms with van der Waals surface area (Å²) in [7, 11) is -0.504. The molecule has 0 atom stereocenters. The molecule has 1 aromatic carbocycles. The van der Waals surface area contributed by atoms with Crippen LogP contribution >= 0.6 is 12.6 Å². The van der Waals surface area contributed by atoms with Gasteiger partial charge in [-0.05, 0) is 58.3 Å². The lowest BCUT2D eigenvalue weighted by Crippen LogP contribution is -2.41. The Kier molecular flexibility index (Phi) is 5.49. The van der Waals surface area contributed by atoms with Crippen LogP contribution in [0.2, 0.25) is 0 Å². The minimum absolute atomic E-state index is 0.313. The van der Waals surface area contributed by atoms with Gasteiger partial charge in [-0.1, -0.05) is 6.08 Å². The van der Waals surface area contributed by atoms with Crippen molar-refractivity contribution in [1.29, 1.82) is 0 Å². The smallest absolute Gasteiger partial charge is 0.491 e. The average Bonchev–Trinajstić information content (AvgIpc) is 2.67. The predicted octanol–water partition coefficient (Wildman–Crippen LogP) is 4.17. The zero-order valence-corrected chi connectivity index (χ0v) is 15.2. The zero-order valence-electron chi connectivity index (χ0n) is 14.4. The zero-order chi connectivity index (χ0) is 17.3. The monoisotopic (exact) mass is 338 g/mol. The van der Waals surface area contributed by atoms with Gasteiger partial charge in [-0.2, -0.15) is 12.6 Å². The van der Waals surface area contributed by atoms with Crippen molar-refractivity contribution in [3.8, 4) is 5.75 Å². The van der Waals surface area contributed by atoms with Crippen molar-refractivity contribution in [2.75, 3.05) is 12.4 Å². The molecule has 23 heavy (non-hydrogen) atoms. The number of hydrogen-bond donors (Lipinski definition) is 1. The van der Waals surface area contributed by atoms with E-state index in [1.54, 1.807) is 6.07 Å². The first-order chi connectivity index (χ1) is 10.7. The van der Waals surface area contributed by atoms with Gasteiger partial charge in [0.25, 0.3) is 0 Å². The molecule has 0 unspecified atom stereocenters. The van der Waals surface area contributed by atoms with Gasteiger partial charge in [0.15, 0.2) is 0 Å². The molecule has 1 saturated heterocycles. The van der Waals surface area contributed by atoms with Crippen molar-refractivity contribution in [3.05, 3.63) is 35.1 Å². The van der Waals surface area contributed by atoms with E-state index in [2.05, 4.69) is 12.6 Å². The molecule has 1 aliphatic rings. The maximum atomic E-state index is 13.6. The van der Waals surface area contributed by atoms with Gasteiger partial charge in [-0.15, -0.1) is 0 Å². The fraction of sp³-hybridized carbons (Fsp3) is 0.529. The molecule has 0 N–H and O–H groups in total. The summed E-state index contributed by atoms with van der Waals surface area (Å²) < 4.78 is 31.3. The maximum absolute atomic E-state index is 13.6. The Bertz CT molecular complexity index is 586. The summed E-state index contributed by atoms with van der Waals surface area (Å²) in [4.78, 5) is 0. The third kappa shape index (κ3) is 3.93. The molecule has 6 heteroatoms. The topological polar surface area (TPSA) is 27.7 Å². The van der Waals surface area contributed by atoms with Gasteiger partial charge in [-0.25, -0.2) is 4.39 Å². The van der Waals surface area contributed by atoms with Crippen molar-refractivity contribution in [1.82, 2.24) is 0 Å². The first kappa shape index (κ1) is 18.4. The standard InChI is InChI=1S/C17H24BFO3S/c1-6-20-15-8-7-14(19)10-12(15)9-13(11-23)18-21-16(2,3)17(4,5)22-18/h7-10,23H,6,11H2,1-5H3. The quantitative estimate of drug-likeness (QED) is 0.645. The van der Waals surface area contributed by atoms with E-state index in [1.165, 1.54) is 12.1 Å². The summed E-state index contributed by atoms with van der Waals surface area (Å²) >= 11 is 4.38. The van der Waals surface area contributed by atoms with E-state index in [9.17, 15) is 4.39 Å². The van der Waals surface area contributed by atoms with Gasteiger partial charge in [0.2, 0.25) is 0 Å². The maximum Gasteiger partial charge on any atom is 0.491 e. The van der Waals surface area contributed by atoms with E-state index in [4.69, 9.17) is 14.0 Å². The van der Waals surface area contributed by atoms with Crippen LogP contribution in [0.15, 0.2) is 23.7 Å². The molecule has 0 aromatic heterocycles. The van der Waals surface area contributed by atoms with Crippen LogP contribution in [-0.2, 0) is 9.31 Å². The van der Waals surface area contributed by atoms with Gasteiger partial charge < -0.3 is 14.0 Å². The summed E-state index contributed by atoms with van der Waals surface area (Å²) in [6, 6.07) is 4.46. The summed E-state index contributed by atoms with van der Waals surface area (Å²) in [5.41, 5.74) is 0.638. The Labute approximate surface area is 143 Å². The largest absolute Gasteiger partial charge is 0.493 e. The van der Waals surface area contributed by atoms with Crippen LogP contribution in [0.25, 0.3) is 6.08 Å². The first-order valence-corrected chi connectivity index (χ1v) is 8.42. The van der Waals surface area contributed by atoms with Gasteiger partial charge in [0.1, 0.15) is 11.6 Å². The molecule has 1 heterocycles. The van der Waals surface area contributed by atoms with Crippen molar-refractivity contribution in [3.63, 3.8) is 0 Å². The number of thiol groups is 1. The van der Waals surface area contributed by atoms with Crippen molar-refractivity contribution in [2.45, 2.75) is 45.8 Å². The fourth-order valence-corrected chi connectivity index (χ4v) is 2.54. The van der Waals surface area contributed by atoms with E-state index in [-0.39, 0.29) is 5.82 Å². The lowest BCUT2D eigenvalue weighted by atomic mass is 9.78. The van der Waals surface area contributed by atoms with Crippen molar-refractivity contribution in [2.24, 2.45) is 0 Å². The van der Waals surface area contributed by atoms with Crippen LogP contribution < -0.4 is 4.74 Å². The highest BCUT2D eigenvalue weighted by atomic mass is 32.1. The average molecular weight is 338 g/mol. The molecule has 3 nitrogen and oxygen atoms in total. The molecule has 0 bridgehead atoms. The molecule has 0 spiro atoms. The fourth-order valence-electron chi connectivity index (χ4n) is 2.30. The van der Waals surface area contributed by atoms with Gasteiger partial charge in [0, 0.05) is 11.3 Å². The van der Waals surface area contributed by atoms with Crippen LogP contribution in [0.4, 0.5) is 4.39 Å². The molecule has 0 saturated carbocycles. The summed E-state index contributed by atoms with van der Waals surface area (Å²) in [5.74, 6) is 0.760. The number of benzene rings is 1.